The number of amides is 1. The third-order valence-electron chi connectivity index (χ3n) is 1.79. The Morgan fingerprint density at radius 2 is 2.29 bits per heavy atom. The zero-order chi connectivity index (χ0) is 10.6. The molecule has 4 nitrogen and oxygen atoms in total. The Morgan fingerprint density at radius 1 is 1.57 bits per heavy atom. The molecule has 0 aromatic heterocycles. The van der Waals surface area contributed by atoms with Gasteiger partial charge in [0.2, 0.25) is 0 Å². The molecule has 14 heavy (non-hydrogen) atoms. The van der Waals surface area contributed by atoms with Crippen LogP contribution >= 0.6 is 0 Å². The van der Waals surface area contributed by atoms with E-state index < -0.39 is 0 Å². The minimum absolute atomic E-state index is 0.0738. The Labute approximate surface area is 82.5 Å². The summed E-state index contributed by atoms with van der Waals surface area (Å²) in [5.41, 5.74) is 0.257. The van der Waals surface area contributed by atoms with E-state index in [1.807, 2.05) is 6.92 Å². The topological polar surface area (TPSA) is 58.6 Å². The number of ether oxygens (including phenoxy) is 1. The average Bonchev–Trinajstić information content (AvgIpc) is 2.17. The summed E-state index contributed by atoms with van der Waals surface area (Å²) in [5, 5.41) is 12.1. The van der Waals surface area contributed by atoms with Gasteiger partial charge in [-0.15, -0.1) is 0 Å². The third kappa shape index (κ3) is 2.16. The van der Waals surface area contributed by atoms with Gasteiger partial charge in [0.15, 0.2) is 0 Å². The van der Waals surface area contributed by atoms with Crippen LogP contribution in [0, 0.1) is 0 Å². The molecule has 0 aliphatic carbocycles. The number of benzene rings is 1. The number of nitrogens with one attached hydrogen (secondary N) is 1. The summed E-state index contributed by atoms with van der Waals surface area (Å²) in [6.45, 7) is 2.35. The summed E-state index contributed by atoms with van der Waals surface area (Å²) >= 11 is 0. The second-order valence-corrected chi connectivity index (χ2v) is 2.74. The molecule has 1 amide bonds. The van der Waals surface area contributed by atoms with Crippen molar-refractivity contribution in [3.8, 4) is 11.5 Å². The molecule has 0 spiro atoms. The van der Waals surface area contributed by atoms with Crippen molar-refractivity contribution in [2.45, 2.75) is 6.92 Å². The molecule has 1 aromatic carbocycles. The second-order valence-electron chi connectivity index (χ2n) is 2.74. The predicted octanol–water partition coefficient (Wildman–Crippen LogP) is 1.15. The van der Waals surface area contributed by atoms with E-state index in [-0.39, 0.29) is 17.2 Å². The van der Waals surface area contributed by atoms with Crippen molar-refractivity contribution in [1.82, 2.24) is 5.32 Å². The number of phenolic OH excluding ortho intramolecular Hbond substituents is 1. The van der Waals surface area contributed by atoms with Crippen LogP contribution < -0.4 is 10.1 Å². The fourth-order valence-corrected chi connectivity index (χ4v) is 1.09. The first kappa shape index (κ1) is 10.4. The molecule has 0 bridgehead atoms. The van der Waals surface area contributed by atoms with Crippen molar-refractivity contribution in [1.29, 1.82) is 0 Å². The van der Waals surface area contributed by atoms with E-state index in [1.54, 1.807) is 6.07 Å². The van der Waals surface area contributed by atoms with Crippen LogP contribution in [0.25, 0.3) is 0 Å². The van der Waals surface area contributed by atoms with Crippen molar-refractivity contribution in [2.75, 3.05) is 13.7 Å². The summed E-state index contributed by atoms with van der Waals surface area (Å²) < 4.78 is 4.90. The Bertz CT molecular complexity index is 336. The maximum Gasteiger partial charge on any atom is 0.255 e. The van der Waals surface area contributed by atoms with Gasteiger partial charge >= 0.3 is 0 Å². The maximum atomic E-state index is 11.4. The molecule has 4 heteroatoms. The largest absolute Gasteiger partial charge is 0.507 e. The zero-order valence-electron chi connectivity index (χ0n) is 8.20. The maximum absolute atomic E-state index is 11.4. The normalized spacial score (nSPS) is 9.57. The van der Waals surface area contributed by atoms with Crippen molar-refractivity contribution in [2.24, 2.45) is 0 Å². The fourth-order valence-electron chi connectivity index (χ4n) is 1.09. The number of hydrogen-bond acceptors (Lipinski definition) is 3. The van der Waals surface area contributed by atoms with E-state index in [9.17, 15) is 9.90 Å². The fraction of sp³-hybridized carbons (Fsp3) is 0.300. The Kier molecular flexibility index (Phi) is 3.34. The molecule has 0 heterocycles. The minimum atomic E-state index is -0.285. The van der Waals surface area contributed by atoms with Crippen molar-refractivity contribution in [3.05, 3.63) is 23.8 Å². The van der Waals surface area contributed by atoms with Crippen LogP contribution in [0.3, 0.4) is 0 Å². The lowest BCUT2D eigenvalue weighted by Crippen LogP contribution is -2.22. The van der Waals surface area contributed by atoms with Gasteiger partial charge < -0.3 is 15.2 Å². The van der Waals surface area contributed by atoms with Gasteiger partial charge in [-0.05, 0) is 19.1 Å². The standard InChI is InChI=1S/C10H13NO3/c1-3-11-10(13)8-5-4-7(14-2)6-9(8)12/h4-6,12H,3H2,1-2H3,(H,11,13). The van der Waals surface area contributed by atoms with Gasteiger partial charge in [-0.25, -0.2) is 0 Å². The number of rotatable bonds is 3. The highest BCUT2D eigenvalue weighted by molar-refractivity contribution is 5.96. The smallest absolute Gasteiger partial charge is 0.255 e. The quantitative estimate of drug-likeness (QED) is 0.760. The van der Waals surface area contributed by atoms with Gasteiger partial charge in [0, 0.05) is 12.6 Å². The molecule has 1 aromatic rings. The van der Waals surface area contributed by atoms with Crippen LogP contribution in [-0.2, 0) is 0 Å². The van der Waals surface area contributed by atoms with E-state index >= 15 is 0 Å². The van der Waals surface area contributed by atoms with Gasteiger partial charge in [-0.2, -0.15) is 0 Å². The Morgan fingerprint density at radius 3 is 2.79 bits per heavy atom. The Balaban J connectivity index is 2.94. The lowest BCUT2D eigenvalue weighted by molar-refractivity contribution is 0.0953. The highest BCUT2D eigenvalue weighted by atomic mass is 16.5. The summed E-state index contributed by atoms with van der Waals surface area (Å²) in [6.07, 6.45) is 0. The van der Waals surface area contributed by atoms with Crippen LogP contribution in [0.2, 0.25) is 0 Å². The SMILES string of the molecule is CCNC(=O)c1ccc(OC)cc1O. The summed E-state index contributed by atoms with van der Waals surface area (Å²) in [4.78, 5) is 11.4. The average molecular weight is 195 g/mol. The third-order valence-corrected chi connectivity index (χ3v) is 1.79. The van der Waals surface area contributed by atoms with Gasteiger partial charge in [-0.1, -0.05) is 0 Å². The van der Waals surface area contributed by atoms with Crippen molar-refractivity contribution >= 4 is 5.91 Å². The molecule has 0 aliphatic heterocycles. The number of hydrogen-bond donors (Lipinski definition) is 2. The van der Waals surface area contributed by atoms with Crippen molar-refractivity contribution in [3.63, 3.8) is 0 Å². The van der Waals surface area contributed by atoms with Gasteiger partial charge in [-0.3, -0.25) is 4.79 Å². The molecule has 0 unspecified atom stereocenters. The summed E-state index contributed by atoms with van der Waals surface area (Å²) in [5.74, 6) is 0.165. The van der Waals surface area contributed by atoms with E-state index in [4.69, 9.17) is 4.74 Å². The van der Waals surface area contributed by atoms with Crippen LogP contribution in [0.4, 0.5) is 0 Å². The number of phenols is 1. The predicted molar refractivity (Wildman–Crippen MR) is 52.7 cm³/mol. The van der Waals surface area contributed by atoms with Gasteiger partial charge in [0.25, 0.3) is 5.91 Å². The lowest BCUT2D eigenvalue weighted by Gasteiger charge is -2.06. The second kappa shape index (κ2) is 4.50. The van der Waals surface area contributed by atoms with Gasteiger partial charge in [0.05, 0.1) is 12.7 Å². The summed E-state index contributed by atoms with van der Waals surface area (Å²) in [6, 6.07) is 4.56. The minimum Gasteiger partial charge on any atom is -0.507 e. The number of carbonyl (C=O) groups excluding carboxylic acids is 1. The molecule has 0 fully saturated rings. The van der Waals surface area contributed by atoms with Crippen LogP contribution in [0.1, 0.15) is 17.3 Å². The molecule has 0 aliphatic rings. The monoisotopic (exact) mass is 195 g/mol. The van der Waals surface area contributed by atoms with Crippen LogP contribution in [0.15, 0.2) is 18.2 Å². The zero-order valence-corrected chi connectivity index (χ0v) is 8.20. The van der Waals surface area contributed by atoms with E-state index in [0.717, 1.165) is 0 Å². The first-order valence-corrected chi connectivity index (χ1v) is 4.34. The summed E-state index contributed by atoms with van der Waals surface area (Å²) in [7, 11) is 1.50. The molecule has 0 atom stereocenters. The molecule has 0 saturated heterocycles. The van der Waals surface area contributed by atoms with Crippen LogP contribution in [-0.4, -0.2) is 24.7 Å². The van der Waals surface area contributed by atoms with E-state index in [1.165, 1.54) is 19.2 Å². The molecule has 76 valence electrons. The van der Waals surface area contributed by atoms with Crippen molar-refractivity contribution < 1.29 is 14.6 Å². The number of methoxy groups -OCH3 is 1. The molecular formula is C10H13NO3. The molecule has 0 saturated carbocycles. The van der Waals surface area contributed by atoms with Crippen LogP contribution in [0.5, 0.6) is 11.5 Å². The first-order valence-electron chi connectivity index (χ1n) is 4.34. The number of carbonyl (C=O) groups is 1. The van der Waals surface area contributed by atoms with E-state index in [0.29, 0.717) is 12.3 Å². The highest BCUT2D eigenvalue weighted by Gasteiger charge is 2.10. The lowest BCUT2D eigenvalue weighted by atomic mass is 10.2. The molecular weight excluding hydrogens is 182 g/mol. The highest BCUT2D eigenvalue weighted by Crippen LogP contribution is 2.22. The first-order chi connectivity index (χ1) is 6.69. The number of aromatic hydroxyl groups is 1. The molecule has 2 N–H and O–H groups in total. The van der Waals surface area contributed by atoms with E-state index in [2.05, 4.69) is 5.32 Å². The Hall–Kier alpha value is -1.71. The molecule has 0 radical (unpaired) electrons. The van der Waals surface area contributed by atoms with Gasteiger partial charge in [0.1, 0.15) is 11.5 Å². The molecule has 1 rings (SSSR count).